The third kappa shape index (κ3) is 7.12. The largest absolute Gasteiger partial charge is 0.507 e. The first kappa shape index (κ1) is 38.9. The quantitative estimate of drug-likeness (QED) is 0.182. The Balaban J connectivity index is 1.09. The highest BCUT2D eigenvalue weighted by molar-refractivity contribution is 6.11. The minimum absolute atomic E-state index is 0.0385. The predicted molar refractivity (Wildman–Crippen MR) is 260 cm³/mol. The molecule has 0 amide bonds. The van der Waals surface area contributed by atoms with Crippen LogP contribution in [0.5, 0.6) is 5.75 Å². The van der Waals surface area contributed by atoms with Crippen LogP contribution in [0.25, 0.3) is 94.4 Å². The lowest BCUT2D eigenvalue weighted by atomic mass is 9.79. The van der Waals surface area contributed by atoms with Crippen LogP contribution in [0.2, 0.25) is 0 Å². The van der Waals surface area contributed by atoms with Gasteiger partial charge in [0.05, 0.1) is 39.5 Å². The molecule has 4 heteroatoms. The molecule has 1 N–H and O–H groups in total. The highest BCUT2D eigenvalue weighted by atomic mass is 16.3. The molecule has 0 fully saturated rings. The first-order valence-electron chi connectivity index (χ1n) is 21.5. The van der Waals surface area contributed by atoms with Crippen molar-refractivity contribution in [2.75, 3.05) is 0 Å². The number of phenolic OH excluding ortho intramolecular Hbond substituents is 1. The summed E-state index contributed by atoms with van der Waals surface area (Å²) in [5.74, 6) is 0.201. The lowest BCUT2D eigenvalue weighted by molar-refractivity contribution is 0.477. The Labute approximate surface area is 363 Å². The van der Waals surface area contributed by atoms with Crippen molar-refractivity contribution in [2.24, 2.45) is 0 Å². The van der Waals surface area contributed by atoms with Gasteiger partial charge in [-0.2, -0.15) is 0 Å². The molecule has 0 atom stereocenters. The number of phenols is 1. The Morgan fingerprint density at radius 3 is 1.68 bits per heavy atom. The maximum absolute atomic E-state index is 11.1. The Morgan fingerprint density at radius 2 is 0.935 bits per heavy atom. The smallest absolute Gasteiger partial charge is 0.124 e. The summed E-state index contributed by atoms with van der Waals surface area (Å²) >= 11 is 0. The van der Waals surface area contributed by atoms with E-state index in [1.165, 1.54) is 38.2 Å². The number of aromatic nitrogens is 3. The van der Waals surface area contributed by atoms with E-state index in [9.17, 15) is 5.11 Å². The van der Waals surface area contributed by atoms with E-state index in [4.69, 9.17) is 9.97 Å². The van der Waals surface area contributed by atoms with Crippen molar-refractivity contribution >= 4 is 32.6 Å². The Bertz CT molecular complexity index is 3300. The number of rotatable bonds is 6. The zero-order chi connectivity index (χ0) is 42.8. The van der Waals surface area contributed by atoms with Crippen molar-refractivity contribution in [1.29, 1.82) is 0 Å². The van der Waals surface area contributed by atoms with Crippen LogP contribution in [0, 0.1) is 0 Å². The molecule has 0 spiro atoms. The lowest BCUT2D eigenvalue weighted by Crippen LogP contribution is -2.16. The highest BCUT2D eigenvalue weighted by Crippen LogP contribution is 2.40. The number of pyridine rings is 2. The van der Waals surface area contributed by atoms with Gasteiger partial charge in [-0.25, -0.2) is 9.97 Å². The number of benzene rings is 7. The predicted octanol–water partition coefficient (Wildman–Crippen LogP) is 15.4. The summed E-state index contributed by atoms with van der Waals surface area (Å²) in [6, 6.07) is 64.0. The van der Waals surface area contributed by atoms with Crippen LogP contribution in [0.1, 0.15) is 52.7 Å². The van der Waals surface area contributed by atoms with Gasteiger partial charge in [-0.1, -0.05) is 163 Å². The second-order valence-corrected chi connectivity index (χ2v) is 18.5. The number of hydrogen-bond donors (Lipinski definition) is 1. The van der Waals surface area contributed by atoms with E-state index in [1.807, 2.05) is 18.2 Å². The van der Waals surface area contributed by atoms with E-state index in [0.717, 1.165) is 61.8 Å². The van der Waals surface area contributed by atoms with E-state index < -0.39 is 0 Å². The molecule has 10 rings (SSSR count). The van der Waals surface area contributed by atoms with Gasteiger partial charge in [0.15, 0.2) is 0 Å². The highest BCUT2D eigenvalue weighted by Gasteiger charge is 2.22. The van der Waals surface area contributed by atoms with Gasteiger partial charge in [0.1, 0.15) is 5.75 Å². The Kier molecular flexibility index (Phi) is 9.41. The zero-order valence-electron chi connectivity index (χ0n) is 36.1. The summed E-state index contributed by atoms with van der Waals surface area (Å²) in [6.07, 6.45) is 0. The van der Waals surface area contributed by atoms with Crippen LogP contribution in [0.15, 0.2) is 182 Å². The van der Waals surface area contributed by atoms with Crippen LogP contribution in [-0.2, 0) is 10.8 Å². The Morgan fingerprint density at radius 1 is 0.387 bits per heavy atom. The van der Waals surface area contributed by atoms with E-state index >= 15 is 0 Å². The molecule has 3 aromatic heterocycles. The number of aromatic hydroxyl groups is 1. The van der Waals surface area contributed by atoms with Crippen molar-refractivity contribution in [2.45, 2.75) is 52.4 Å². The summed E-state index contributed by atoms with van der Waals surface area (Å²) in [4.78, 5) is 10.5. The summed E-state index contributed by atoms with van der Waals surface area (Å²) in [5, 5.41) is 15.9. The van der Waals surface area contributed by atoms with Crippen molar-refractivity contribution in [3.05, 3.63) is 193 Å². The van der Waals surface area contributed by atoms with Gasteiger partial charge < -0.3 is 9.67 Å². The summed E-state index contributed by atoms with van der Waals surface area (Å²) in [5.41, 5.74) is 15.2. The molecule has 0 saturated heterocycles. The summed E-state index contributed by atoms with van der Waals surface area (Å²) in [7, 11) is 0. The standard InChI is InChI=1S/C58H49N3O/c1-57(2,3)43-31-41(32-44(36-43)58(4,5)6)42-33-51(60-52(34-42)48-22-10-12-27-56(48)62)39-19-13-18-38(30-39)49-23-15-24-50(59-49)40-28-29-47-46-21-9-11-25-54(46)61(55(47)35-40)53-26-14-17-37-16-7-8-20-45(37)53/h7-36,62H,1-6H3. The topological polar surface area (TPSA) is 50.9 Å². The van der Waals surface area contributed by atoms with Crippen LogP contribution in [-0.4, -0.2) is 19.6 Å². The van der Waals surface area contributed by atoms with E-state index in [2.05, 4.69) is 204 Å². The van der Waals surface area contributed by atoms with Crippen molar-refractivity contribution in [3.8, 4) is 67.6 Å². The van der Waals surface area contributed by atoms with E-state index in [-0.39, 0.29) is 16.6 Å². The van der Waals surface area contributed by atoms with Crippen LogP contribution >= 0.6 is 0 Å². The first-order chi connectivity index (χ1) is 29.9. The average molecular weight is 804 g/mol. The molecular formula is C58H49N3O. The molecule has 3 heterocycles. The van der Waals surface area contributed by atoms with E-state index in [1.54, 1.807) is 6.07 Å². The first-order valence-corrected chi connectivity index (χ1v) is 21.5. The molecule has 10 aromatic rings. The molecule has 0 saturated carbocycles. The van der Waals surface area contributed by atoms with Crippen LogP contribution < -0.4 is 0 Å². The normalized spacial score (nSPS) is 12.1. The fourth-order valence-corrected chi connectivity index (χ4v) is 8.72. The van der Waals surface area contributed by atoms with Gasteiger partial charge in [-0.05, 0) is 99.1 Å². The summed E-state index contributed by atoms with van der Waals surface area (Å²) < 4.78 is 2.40. The van der Waals surface area contributed by atoms with Crippen molar-refractivity contribution in [1.82, 2.24) is 14.5 Å². The molecule has 4 nitrogen and oxygen atoms in total. The fraction of sp³-hybridized carbons (Fsp3) is 0.138. The Hall–Kier alpha value is -7.30. The molecule has 0 radical (unpaired) electrons. The third-order valence-electron chi connectivity index (χ3n) is 12.2. The molecule has 0 aliphatic rings. The number of fused-ring (bicyclic) bond motifs is 4. The SMILES string of the molecule is CC(C)(C)c1cc(-c2cc(-c3cccc(-c4cccc(-c5ccc6c7ccccc7n(-c7cccc8ccccc78)c6c5)n4)c3)nc(-c3ccccc3O)c2)cc(C(C)(C)C)c1. The molecular weight excluding hydrogens is 755 g/mol. The summed E-state index contributed by atoms with van der Waals surface area (Å²) in [6.45, 7) is 13.6. The van der Waals surface area contributed by atoms with Crippen molar-refractivity contribution < 1.29 is 5.11 Å². The maximum atomic E-state index is 11.1. The number of hydrogen-bond acceptors (Lipinski definition) is 3. The second-order valence-electron chi connectivity index (χ2n) is 18.5. The number of nitrogens with zero attached hydrogens (tertiary/aromatic N) is 3. The van der Waals surface area contributed by atoms with E-state index in [0.29, 0.717) is 5.56 Å². The lowest BCUT2D eigenvalue weighted by Gasteiger charge is -2.26. The molecule has 302 valence electrons. The van der Waals surface area contributed by atoms with Crippen LogP contribution in [0.3, 0.4) is 0 Å². The average Bonchev–Trinajstić information content (AvgIpc) is 3.61. The van der Waals surface area contributed by atoms with Gasteiger partial charge >= 0.3 is 0 Å². The second kappa shape index (κ2) is 15.0. The molecule has 62 heavy (non-hydrogen) atoms. The molecule has 7 aromatic carbocycles. The van der Waals surface area contributed by atoms with Crippen molar-refractivity contribution in [3.63, 3.8) is 0 Å². The number of para-hydroxylation sites is 2. The monoisotopic (exact) mass is 803 g/mol. The third-order valence-corrected chi connectivity index (χ3v) is 12.2. The fourth-order valence-electron chi connectivity index (χ4n) is 8.72. The van der Waals surface area contributed by atoms with Gasteiger partial charge in [-0.15, -0.1) is 0 Å². The molecule has 0 bridgehead atoms. The molecule has 0 unspecified atom stereocenters. The van der Waals surface area contributed by atoms with Gasteiger partial charge in [0, 0.05) is 38.4 Å². The molecule has 0 aliphatic heterocycles. The van der Waals surface area contributed by atoms with Gasteiger partial charge in [0.25, 0.3) is 0 Å². The zero-order valence-corrected chi connectivity index (χ0v) is 36.1. The van der Waals surface area contributed by atoms with Gasteiger partial charge in [0.2, 0.25) is 0 Å². The minimum Gasteiger partial charge on any atom is -0.507 e. The van der Waals surface area contributed by atoms with Crippen LogP contribution in [0.4, 0.5) is 0 Å². The maximum Gasteiger partial charge on any atom is 0.124 e. The molecule has 0 aliphatic carbocycles. The minimum atomic E-state index is -0.0385. The van der Waals surface area contributed by atoms with Gasteiger partial charge in [-0.3, -0.25) is 0 Å².